The second-order valence-electron chi connectivity index (χ2n) is 5.72. The fraction of sp³-hybridized carbons (Fsp3) is 0.471. The zero-order valence-corrected chi connectivity index (χ0v) is 12.1. The quantitative estimate of drug-likeness (QED) is 0.836. The van der Waals surface area contributed by atoms with Crippen LogP contribution in [0.1, 0.15) is 49.7 Å². The predicted octanol–water partition coefficient (Wildman–Crippen LogP) is 3.38. The van der Waals surface area contributed by atoms with Gasteiger partial charge < -0.3 is 0 Å². The standard InChI is InChI=1S/C17H22N2O/c1-2-18-11-12-19(17(18)20)13-14-7-9-16(10-8-14)15-5-3-4-6-15/h7-12,15H,2-6,13H2,1H3. The van der Waals surface area contributed by atoms with Crippen molar-refractivity contribution in [2.45, 2.75) is 51.6 Å². The van der Waals surface area contributed by atoms with E-state index in [1.807, 2.05) is 19.3 Å². The third-order valence-electron chi connectivity index (χ3n) is 4.42. The summed E-state index contributed by atoms with van der Waals surface area (Å²) in [5.41, 5.74) is 2.74. The molecule has 0 radical (unpaired) electrons. The summed E-state index contributed by atoms with van der Waals surface area (Å²) in [6.07, 6.45) is 9.13. The Morgan fingerprint density at radius 3 is 2.30 bits per heavy atom. The van der Waals surface area contributed by atoms with Crippen LogP contribution in [0.3, 0.4) is 0 Å². The lowest BCUT2D eigenvalue weighted by atomic mass is 9.97. The van der Waals surface area contributed by atoms with Crippen molar-refractivity contribution < 1.29 is 0 Å². The fourth-order valence-corrected chi connectivity index (χ4v) is 3.17. The molecule has 0 aliphatic heterocycles. The first-order chi connectivity index (χ1) is 9.78. The summed E-state index contributed by atoms with van der Waals surface area (Å²) < 4.78 is 3.50. The maximum absolute atomic E-state index is 12.0. The average molecular weight is 270 g/mol. The molecule has 3 nitrogen and oxygen atoms in total. The van der Waals surface area contributed by atoms with Gasteiger partial charge in [-0.2, -0.15) is 0 Å². The lowest BCUT2D eigenvalue weighted by Crippen LogP contribution is -2.23. The van der Waals surface area contributed by atoms with E-state index < -0.39 is 0 Å². The number of aromatic nitrogens is 2. The van der Waals surface area contributed by atoms with Gasteiger partial charge in [-0.3, -0.25) is 9.13 Å². The second-order valence-corrected chi connectivity index (χ2v) is 5.72. The molecule has 106 valence electrons. The van der Waals surface area contributed by atoms with Crippen molar-refractivity contribution >= 4 is 0 Å². The first kappa shape index (κ1) is 13.2. The molecule has 1 heterocycles. The number of imidazole rings is 1. The maximum atomic E-state index is 12.0. The molecule has 20 heavy (non-hydrogen) atoms. The molecule has 0 amide bonds. The summed E-state index contributed by atoms with van der Waals surface area (Å²) in [5, 5.41) is 0. The molecule has 1 aromatic heterocycles. The Labute approximate surface area is 119 Å². The average Bonchev–Trinajstić information content (AvgIpc) is 3.11. The summed E-state index contributed by atoms with van der Waals surface area (Å²) in [7, 11) is 0. The van der Waals surface area contributed by atoms with Gasteiger partial charge in [0.2, 0.25) is 0 Å². The number of aryl methyl sites for hydroxylation is 1. The molecule has 1 aliphatic rings. The van der Waals surface area contributed by atoms with Crippen LogP contribution in [0.15, 0.2) is 41.5 Å². The molecule has 0 saturated heterocycles. The zero-order chi connectivity index (χ0) is 13.9. The summed E-state index contributed by atoms with van der Waals surface area (Å²) in [5.74, 6) is 0.757. The van der Waals surface area contributed by atoms with Crippen LogP contribution in [-0.2, 0) is 13.1 Å². The molecular weight excluding hydrogens is 248 g/mol. The van der Waals surface area contributed by atoms with Crippen LogP contribution in [0.5, 0.6) is 0 Å². The Balaban J connectivity index is 1.74. The minimum Gasteiger partial charge on any atom is -0.300 e. The minimum atomic E-state index is 0.0763. The smallest absolute Gasteiger partial charge is 0.300 e. The molecule has 0 bridgehead atoms. The van der Waals surface area contributed by atoms with E-state index in [0.29, 0.717) is 6.54 Å². The first-order valence-electron chi connectivity index (χ1n) is 7.62. The number of nitrogens with zero attached hydrogens (tertiary/aromatic N) is 2. The molecular formula is C17H22N2O. The van der Waals surface area contributed by atoms with Gasteiger partial charge in [0.1, 0.15) is 0 Å². The molecule has 3 heteroatoms. The topological polar surface area (TPSA) is 26.9 Å². The number of rotatable bonds is 4. The Hall–Kier alpha value is -1.77. The van der Waals surface area contributed by atoms with E-state index in [0.717, 1.165) is 12.5 Å². The van der Waals surface area contributed by atoms with Crippen molar-refractivity contribution in [1.29, 1.82) is 0 Å². The van der Waals surface area contributed by atoms with Gasteiger partial charge in [-0.15, -0.1) is 0 Å². The minimum absolute atomic E-state index is 0.0763. The third-order valence-corrected chi connectivity index (χ3v) is 4.42. The molecule has 2 aromatic rings. The van der Waals surface area contributed by atoms with Crippen molar-refractivity contribution in [3.63, 3.8) is 0 Å². The SMILES string of the molecule is CCn1ccn(Cc2ccc(C3CCCC3)cc2)c1=O. The van der Waals surface area contributed by atoms with Crippen molar-refractivity contribution in [3.05, 3.63) is 58.3 Å². The van der Waals surface area contributed by atoms with E-state index in [1.165, 1.54) is 36.8 Å². The fourth-order valence-electron chi connectivity index (χ4n) is 3.17. The highest BCUT2D eigenvalue weighted by atomic mass is 16.1. The summed E-state index contributed by atoms with van der Waals surface area (Å²) in [4.78, 5) is 12.0. The van der Waals surface area contributed by atoms with Crippen molar-refractivity contribution in [1.82, 2.24) is 9.13 Å². The van der Waals surface area contributed by atoms with E-state index in [9.17, 15) is 4.79 Å². The summed E-state index contributed by atoms with van der Waals surface area (Å²) in [6.45, 7) is 3.38. The van der Waals surface area contributed by atoms with E-state index in [1.54, 1.807) is 9.13 Å². The molecule has 1 aliphatic carbocycles. The van der Waals surface area contributed by atoms with Gasteiger partial charge in [0.15, 0.2) is 0 Å². The number of hydrogen-bond acceptors (Lipinski definition) is 1. The van der Waals surface area contributed by atoms with E-state index in [4.69, 9.17) is 0 Å². The van der Waals surface area contributed by atoms with E-state index >= 15 is 0 Å². The highest BCUT2D eigenvalue weighted by Crippen LogP contribution is 2.33. The van der Waals surface area contributed by atoms with Gasteiger partial charge in [0, 0.05) is 18.9 Å². The molecule has 0 atom stereocenters. The molecule has 0 unspecified atom stereocenters. The van der Waals surface area contributed by atoms with Gasteiger partial charge in [-0.05, 0) is 36.8 Å². The van der Waals surface area contributed by atoms with Gasteiger partial charge in [-0.25, -0.2) is 4.79 Å². The molecule has 3 rings (SSSR count). The summed E-state index contributed by atoms with van der Waals surface area (Å²) in [6, 6.07) is 8.83. The van der Waals surface area contributed by atoms with Crippen molar-refractivity contribution in [3.8, 4) is 0 Å². The van der Waals surface area contributed by atoms with Gasteiger partial charge in [0.05, 0.1) is 6.54 Å². The van der Waals surface area contributed by atoms with Crippen LogP contribution in [0.4, 0.5) is 0 Å². The predicted molar refractivity (Wildman–Crippen MR) is 81.1 cm³/mol. The zero-order valence-electron chi connectivity index (χ0n) is 12.1. The van der Waals surface area contributed by atoms with Crippen LogP contribution in [0.25, 0.3) is 0 Å². The van der Waals surface area contributed by atoms with Crippen molar-refractivity contribution in [2.75, 3.05) is 0 Å². The summed E-state index contributed by atoms with van der Waals surface area (Å²) >= 11 is 0. The molecule has 1 aromatic carbocycles. The normalized spacial score (nSPS) is 15.8. The highest BCUT2D eigenvalue weighted by molar-refractivity contribution is 5.26. The van der Waals surface area contributed by atoms with Gasteiger partial charge in [-0.1, -0.05) is 37.1 Å². The van der Waals surface area contributed by atoms with Gasteiger partial charge in [0.25, 0.3) is 0 Å². The van der Waals surface area contributed by atoms with Crippen LogP contribution in [0, 0.1) is 0 Å². The van der Waals surface area contributed by atoms with Crippen LogP contribution in [-0.4, -0.2) is 9.13 Å². The molecule has 1 saturated carbocycles. The van der Waals surface area contributed by atoms with Gasteiger partial charge >= 0.3 is 5.69 Å². The number of benzene rings is 1. The Morgan fingerprint density at radius 1 is 1.05 bits per heavy atom. The number of hydrogen-bond donors (Lipinski definition) is 0. The Kier molecular flexibility index (Phi) is 3.77. The Morgan fingerprint density at radius 2 is 1.70 bits per heavy atom. The lowest BCUT2D eigenvalue weighted by molar-refractivity contribution is 0.667. The molecule has 0 spiro atoms. The van der Waals surface area contributed by atoms with Crippen LogP contribution in [0.2, 0.25) is 0 Å². The maximum Gasteiger partial charge on any atom is 0.328 e. The molecule has 1 fully saturated rings. The van der Waals surface area contributed by atoms with Crippen LogP contribution < -0.4 is 5.69 Å². The lowest BCUT2D eigenvalue weighted by Gasteiger charge is -2.10. The van der Waals surface area contributed by atoms with E-state index in [2.05, 4.69) is 24.3 Å². The largest absolute Gasteiger partial charge is 0.328 e. The monoisotopic (exact) mass is 270 g/mol. The highest BCUT2D eigenvalue weighted by Gasteiger charge is 2.16. The van der Waals surface area contributed by atoms with E-state index in [-0.39, 0.29) is 5.69 Å². The first-order valence-corrected chi connectivity index (χ1v) is 7.62. The van der Waals surface area contributed by atoms with Crippen LogP contribution >= 0.6 is 0 Å². The Bertz CT molecular complexity index is 615. The second kappa shape index (κ2) is 5.70. The third kappa shape index (κ3) is 2.58. The van der Waals surface area contributed by atoms with Crippen molar-refractivity contribution in [2.24, 2.45) is 0 Å². The molecule has 0 N–H and O–H groups in total.